The van der Waals surface area contributed by atoms with Crippen molar-refractivity contribution in [3.05, 3.63) is 70.7 Å². The maximum atomic E-state index is 12.7. The van der Waals surface area contributed by atoms with E-state index < -0.39 is 11.2 Å². The highest BCUT2D eigenvalue weighted by molar-refractivity contribution is 8.04. The number of benzene rings is 1. The Bertz CT molecular complexity index is 729. The molecule has 0 bridgehead atoms. The molecule has 0 radical (unpaired) electrons. The summed E-state index contributed by atoms with van der Waals surface area (Å²) in [6.45, 7) is 0. The molecular formula is C16H12N2O2S. The van der Waals surface area contributed by atoms with Crippen molar-refractivity contribution in [2.75, 3.05) is 0 Å². The Morgan fingerprint density at radius 2 is 2.00 bits per heavy atom. The van der Waals surface area contributed by atoms with Gasteiger partial charge in [0.05, 0.1) is 34.1 Å². The molecule has 2 heterocycles. The molecule has 1 aliphatic rings. The number of rotatable bonds is 3. The first-order valence-electron chi connectivity index (χ1n) is 6.41. The SMILES string of the molecule is N#CC1=C(N)S[C@H](C(=O)c2ccccc2)[C@@H]1c1ccco1. The Morgan fingerprint density at radius 3 is 2.62 bits per heavy atom. The van der Waals surface area contributed by atoms with Gasteiger partial charge in [-0.1, -0.05) is 42.1 Å². The van der Waals surface area contributed by atoms with Gasteiger partial charge in [-0.15, -0.1) is 0 Å². The fraction of sp³-hybridized carbons (Fsp3) is 0.125. The lowest BCUT2D eigenvalue weighted by Gasteiger charge is -2.16. The van der Waals surface area contributed by atoms with Crippen molar-refractivity contribution in [3.8, 4) is 6.07 Å². The van der Waals surface area contributed by atoms with E-state index in [0.717, 1.165) is 0 Å². The second kappa shape index (κ2) is 5.51. The van der Waals surface area contributed by atoms with Crippen molar-refractivity contribution in [2.24, 2.45) is 5.73 Å². The number of ketones is 1. The summed E-state index contributed by atoms with van der Waals surface area (Å²) in [6, 6.07) is 14.6. The lowest BCUT2D eigenvalue weighted by Crippen LogP contribution is -2.23. The van der Waals surface area contributed by atoms with Crippen LogP contribution < -0.4 is 5.73 Å². The van der Waals surface area contributed by atoms with Gasteiger partial charge in [-0.05, 0) is 12.1 Å². The van der Waals surface area contributed by atoms with Crippen LogP contribution in [0.15, 0.2) is 63.7 Å². The van der Waals surface area contributed by atoms with E-state index in [1.807, 2.05) is 18.2 Å². The van der Waals surface area contributed by atoms with Crippen LogP contribution in [0.3, 0.4) is 0 Å². The maximum Gasteiger partial charge on any atom is 0.177 e. The Kier molecular flexibility index (Phi) is 3.55. The Morgan fingerprint density at radius 1 is 1.24 bits per heavy atom. The highest BCUT2D eigenvalue weighted by atomic mass is 32.2. The molecule has 2 aromatic rings. The molecule has 4 nitrogen and oxygen atoms in total. The number of carbonyl (C=O) groups is 1. The number of nitrogens with two attached hydrogens (primary N) is 1. The normalized spacial score (nSPS) is 21.3. The van der Waals surface area contributed by atoms with Crippen molar-refractivity contribution in [1.29, 1.82) is 5.26 Å². The van der Waals surface area contributed by atoms with Gasteiger partial charge < -0.3 is 10.2 Å². The van der Waals surface area contributed by atoms with Crippen LogP contribution in [0.2, 0.25) is 0 Å². The Balaban J connectivity index is 2.00. The minimum absolute atomic E-state index is 0.0461. The van der Waals surface area contributed by atoms with Crippen LogP contribution in [0.25, 0.3) is 0 Å². The van der Waals surface area contributed by atoms with Crippen molar-refractivity contribution in [3.63, 3.8) is 0 Å². The molecular weight excluding hydrogens is 284 g/mol. The zero-order valence-electron chi connectivity index (χ0n) is 11.0. The molecule has 1 aromatic heterocycles. The van der Waals surface area contributed by atoms with Crippen LogP contribution in [-0.4, -0.2) is 11.0 Å². The zero-order valence-corrected chi connectivity index (χ0v) is 11.8. The number of thioether (sulfide) groups is 1. The number of nitriles is 1. The molecule has 0 spiro atoms. The van der Waals surface area contributed by atoms with Gasteiger partial charge in [0.2, 0.25) is 0 Å². The summed E-state index contributed by atoms with van der Waals surface area (Å²) in [7, 11) is 0. The van der Waals surface area contributed by atoms with Gasteiger partial charge in [0, 0.05) is 5.56 Å². The largest absolute Gasteiger partial charge is 0.469 e. The molecule has 2 atom stereocenters. The fourth-order valence-corrected chi connectivity index (χ4v) is 3.65. The molecule has 1 aromatic carbocycles. The van der Waals surface area contributed by atoms with Gasteiger partial charge >= 0.3 is 0 Å². The summed E-state index contributed by atoms with van der Waals surface area (Å²) >= 11 is 1.23. The van der Waals surface area contributed by atoms with Gasteiger partial charge in [-0.3, -0.25) is 4.79 Å². The first kappa shape index (κ1) is 13.5. The topological polar surface area (TPSA) is 80.0 Å². The van der Waals surface area contributed by atoms with E-state index in [-0.39, 0.29) is 5.78 Å². The van der Waals surface area contributed by atoms with E-state index in [9.17, 15) is 10.1 Å². The highest BCUT2D eigenvalue weighted by Gasteiger charge is 2.42. The van der Waals surface area contributed by atoms with Gasteiger partial charge in [0.25, 0.3) is 0 Å². The molecule has 0 aliphatic carbocycles. The first-order chi connectivity index (χ1) is 10.2. The third-order valence-electron chi connectivity index (χ3n) is 3.42. The van der Waals surface area contributed by atoms with Gasteiger partial charge in [-0.2, -0.15) is 5.26 Å². The second-order valence-electron chi connectivity index (χ2n) is 4.65. The molecule has 0 fully saturated rings. The van der Waals surface area contributed by atoms with Crippen molar-refractivity contribution < 1.29 is 9.21 Å². The standard InChI is InChI=1S/C16H12N2O2S/c17-9-11-13(12-7-4-8-20-12)15(21-16(11)18)14(19)10-5-2-1-3-6-10/h1-8,13,15H,18H2/t13-,15-/m0/s1. The van der Waals surface area contributed by atoms with E-state index in [0.29, 0.717) is 21.9 Å². The number of furan rings is 1. The molecule has 1 aliphatic heterocycles. The molecule has 5 heteroatoms. The lowest BCUT2D eigenvalue weighted by atomic mass is 9.90. The number of allylic oxidation sites excluding steroid dienone is 1. The monoisotopic (exact) mass is 296 g/mol. The predicted molar refractivity (Wildman–Crippen MR) is 80.4 cm³/mol. The predicted octanol–water partition coefficient (Wildman–Crippen LogP) is 3.06. The summed E-state index contributed by atoms with van der Waals surface area (Å²) in [5, 5.41) is 9.25. The minimum atomic E-state index is -0.465. The number of carbonyl (C=O) groups excluding carboxylic acids is 1. The zero-order chi connectivity index (χ0) is 14.8. The average molecular weight is 296 g/mol. The summed E-state index contributed by atoms with van der Waals surface area (Å²) < 4.78 is 5.41. The van der Waals surface area contributed by atoms with E-state index in [1.54, 1.807) is 24.3 Å². The lowest BCUT2D eigenvalue weighted by molar-refractivity contribution is 0.0983. The molecule has 104 valence electrons. The van der Waals surface area contributed by atoms with Crippen LogP contribution in [0.4, 0.5) is 0 Å². The van der Waals surface area contributed by atoms with Crippen molar-refractivity contribution >= 4 is 17.5 Å². The van der Waals surface area contributed by atoms with E-state index in [4.69, 9.17) is 10.2 Å². The fourth-order valence-electron chi connectivity index (χ4n) is 2.43. The van der Waals surface area contributed by atoms with Crippen LogP contribution in [0.5, 0.6) is 0 Å². The maximum absolute atomic E-state index is 12.7. The van der Waals surface area contributed by atoms with Gasteiger partial charge in [-0.25, -0.2) is 0 Å². The van der Waals surface area contributed by atoms with Crippen LogP contribution in [0, 0.1) is 11.3 Å². The van der Waals surface area contributed by atoms with E-state index in [2.05, 4.69) is 6.07 Å². The minimum Gasteiger partial charge on any atom is -0.469 e. The van der Waals surface area contributed by atoms with Crippen molar-refractivity contribution in [2.45, 2.75) is 11.2 Å². The summed E-state index contributed by atoms with van der Waals surface area (Å²) in [5.74, 6) is 0.117. The summed E-state index contributed by atoms with van der Waals surface area (Å²) in [4.78, 5) is 12.7. The van der Waals surface area contributed by atoms with Crippen LogP contribution in [-0.2, 0) is 0 Å². The smallest absolute Gasteiger partial charge is 0.177 e. The van der Waals surface area contributed by atoms with Gasteiger partial charge in [0.1, 0.15) is 5.76 Å². The number of hydrogen-bond donors (Lipinski definition) is 1. The van der Waals surface area contributed by atoms with Crippen LogP contribution in [0.1, 0.15) is 22.0 Å². The molecule has 21 heavy (non-hydrogen) atoms. The molecule has 0 saturated carbocycles. The molecule has 2 N–H and O–H groups in total. The van der Waals surface area contributed by atoms with E-state index >= 15 is 0 Å². The Labute approximate surface area is 126 Å². The van der Waals surface area contributed by atoms with E-state index in [1.165, 1.54) is 18.0 Å². The molecule has 0 saturated heterocycles. The number of Topliss-reactive ketones (excluding diaryl/α,β-unsaturated/α-hetero) is 1. The number of nitrogens with zero attached hydrogens (tertiary/aromatic N) is 1. The summed E-state index contributed by atoms with van der Waals surface area (Å²) in [5.41, 5.74) is 6.93. The van der Waals surface area contributed by atoms with Gasteiger partial charge in [0.15, 0.2) is 5.78 Å². The van der Waals surface area contributed by atoms with Crippen molar-refractivity contribution in [1.82, 2.24) is 0 Å². The van der Waals surface area contributed by atoms with Crippen LogP contribution >= 0.6 is 11.8 Å². The average Bonchev–Trinajstić information content (AvgIpc) is 3.14. The molecule has 3 rings (SSSR count). The highest BCUT2D eigenvalue weighted by Crippen LogP contribution is 2.46. The molecule has 0 unspecified atom stereocenters. The second-order valence-corrected chi connectivity index (χ2v) is 5.83. The molecule has 0 amide bonds. The third-order valence-corrected chi connectivity index (χ3v) is 4.63. The Hall–Kier alpha value is -2.45. The number of hydrogen-bond acceptors (Lipinski definition) is 5. The third kappa shape index (κ3) is 2.34. The quantitative estimate of drug-likeness (QED) is 0.880. The summed E-state index contributed by atoms with van der Waals surface area (Å²) in [6.07, 6.45) is 1.54. The first-order valence-corrected chi connectivity index (χ1v) is 7.29.